The third-order valence-corrected chi connectivity index (χ3v) is 3.51. The Morgan fingerprint density at radius 3 is 2.35 bits per heavy atom. The van der Waals surface area contributed by atoms with E-state index in [-0.39, 0.29) is 11.1 Å². The molecule has 0 spiro atoms. The minimum atomic E-state index is -4.47. The maximum Gasteiger partial charge on any atom is 0.408 e. The van der Waals surface area contributed by atoms with Gasteiger partial charge in [0.1, 0.15) is 5.60 Å². The van der Waals surface area contributed by atoms with E-state index in [1.165, 1.54) is 12.2 Å². The van der Waals surface area contributed by atoms with E-state index in [4.69, 9.17) is 4.74 Å². The number of fused-ring (bicyclic) bond motifs is 1. The number of carbonyl (C=O) groups is 1. The van der Waals surface area contributed by atoms with Crippen LogP contribution in [0.1, 0.15) is 37.9 Å². The first kappa shape index (κ1) is 20.2. The Kier molecular flexibility index (Phi) is 5.60. The van der Waals surface area contributed by atoms with Crippen molar-refractivity contribution in [3.8, 4) is 0 Å². The summed E-state index contributed by atoms with van der Waals surface area (Å²) in [5.41, 5.74) is -0.424. The van der Waals surface area contributed by atoms with Gasteiger partial charge in [0.05, 0.1) is 18.6 Å². The lowest BCUT2D eigenvalue weighted by Crippen LogP contribution is -2.48. The number of alkyl carbamates (subject to hydrolysis) is 1. The van der Waals surface area contributed by atoms with Crippen molar-refractivity contribution in [2.75, 3.05) is 6.54 Å². The van der Waals surface area contributed by atoms with Crippen LogP contribution in [0.25, 0.3) is 6.08 Å². The molecule has 4 nitrogen and oxygen atoms in total. The molecule has 0 radical (unpaired) electrons. The molecule has 26 heavy (non-hydrogen) atoms. The molecular weight excluding hydrogens is 359 g/mol. The summed E-state index contributed by atoms with van der Waals surface area (Å²) < 4.78 is 69.8. The molecule has 2 atom stereocenters. The molecule has 1 aromatic rings. The van der Waals surface area contributed by atoms with Gasteiger partial charge in [0, 0.05) is 0 Å². The predicted molar refractivity (Wildman–Crippen MR) is 85.3 cm³/mol. The Bertz CT molecular complexity index is 710. The van der Waals surface area contributed by atoms with E-state index in [1.54, 1.807) is 20.8 Å². The van der Waals surface area contributed by atoms with Crippen LogP contribution in [0.3, 0.4) is 0 Å². The highest BCUT2D eigenvalue weighted by molar-refractivity contribution is 5.70. The number of hydrogen-bond donors (Lipinski definition) is 2. The van der Waals surface area contributed by atoms with E-state index >= 15 is 0 Å². The van der Waals surface area contributed by atoms with Gasteiger partial charge in [0.15, 0.2) is 11.6 Å². The highest BCUT2D eigenvalue weighted by atomic mass is 19.4. The molecule has 0 unspecified atom stereocenters. The average Bonchev–Trinajstić information content (AvgIpc) is 2.45. The second kappa shape index (κ2) is 7.22. The maximum atomic E-state index is 13.6. The quantitative estimate of drug-likeness (QED) is 0.780. The fourth-order valence-corrected chi connectivity index (χ4v) is 2.52. The highest BCUT2D eigenvalue weighted by Gasteiger charge is 2.34. The molecule has 0 bridgehead atoms. The van der Waals surface area contributed by atoms with Gasteiger partial charge in [-0.15, -0.1) is 0 Å². The number of alkyl halides is 3. The summed E-state index contributed by atoms with van der Waals surface area (Å²) in [4.78, 5) is 12.1. The standard InChI is InChI=1S/C17H19F5N2O2/c1-16(2,3)26-15(25)24-14-10-7-12(19)11(18)6-9(10)4-5-13(14)23-8-17(20,21)22/h4-7,13-14,23H,8H2,1-3H3,(H,24,25)/t13-,14-/m0/s1. The molecule has 144 valence electrons. The van der Waals surface area contributed by atoms with Gasteiger partial charge >= 0.3 is 12.3 Å². The minimum absolute atomic E-state index is 0.150. The number of amides is 1. The molecule has 0 saturated carbocycles. The van der Waals surface area contributed by atoms with Crippen molar-refractivity contribution in [1.29, 1.82) is 0 Å². The molecule has 1 amide bonds. The number of rotatable bonds is 3. The Hall–Kier alpha value is -2.16. The topological polar surface area (TPSA) is 50.4 Å². The molecule has 0 aromatic heterocycles. The molecular formula is C17H19F5N2O2. The summed E-state index contributed by atoms with van der Waals surface area (Å²) in [6, 6.07) is -0.271. The van der Waals surface area contributed by atoms with Gasteiger partial charge in [-0.25, -0.2) is 13.6 Å². The van der Waals surface area contributed by atoms with Crippen molar-refractivity contribution in [3.05, 3.63) is 41.0 Å². The van der Waals surface area contributed by atoms with Crippen LogP contribution in [0.2, 0.25) is 0 Å². The third-order valence-electron chi connectivity index (χ3n) is 3.51. The van der Waals surface area contributed by atoms with E-state index in [9.17, 15) is 26.7 Å². The lowest BCUT2D eigenvalue weighted by atomic mass is 9.89. The molecule has 0 heterocycles. The average molecular weight is 378 g/mol. The molecule has 2 rings (SSSR count). The number of ether oxygens (including phenoxy) is 1. The molecule has 0 aliphatic heterocycles. The molecule has 2 N–H and O–H groups in total. The van der Waals surface area contributed by atoms with Gasteiger partial charge < -0.3 is 15.4 Å². The van der Waals surface area contributed by atoms with Crippen LogP contribution in [0.15, 0.2) is 18.2 Å². The molecule has 9 heteroatoms. The molecule has 1 aliphatic carbocycles. The lowest BCUT2D eigenvalue weighted by Gasteiger charge is -2.32. The van der Waals surface area contributed by atoms with Crippen molar-refractivity contribution >= 4 is 12.2 Å². The first-order valence-electron chi connectivity index (χ1n) is 7.82. The maximum absolute atomic E-state index is 13.6. The monoisotopic (exact) mass is 378 g/mol. The number of carbonyl (C=O) groups excluding carboxylic acids is 1. The van der Waals surface area contributed by atoms with Crippen LogP contribution < -0.4 is 10.6 Å². The van der Waals surface area contributed by atoms with E-state index in [2.05, 4.69) is 10.6 Å². The largest absolute Gasteiger partial charge is 0.444 e. The number of nitrogens with one attached hydrogen (secondary N) is 2. The van der Waals surface area contributed by atoms with Gasteiger partial charge in [0.25, 0.3) is 0 Å². The van der Waals surface area contributed by atoms with E-state index < -0.39 is 48.1 Å². The predicted octanol–water partition coefficient (Wildman–Crippen LogP) is 4.08. The van der Waals surface area contributed by atoms with Crippen molar-refractivity contribution in [1.82, 2.24) is 10.6 Å². The highest BCUT2D eigenvalue weighted by Crippen LogP contribution is 2.31. The molecule has 0 saturated heterocycles. The first-order chi connectivity index (χ1) is 11.9. The van der Waals surface area contributed by atoms with Gasteiger partial charge in [-0.1, -0.05) is 12.2 Å². The number of benzene rings is 1. The third kappa shape index (κ3) is 5.42. The lowest BCUT2D eigenvalue weighted by molar-refractivity contribution is -0.125. The summed E-state index contributed by atoms with van der Waals surface area (Å²) in [6.07, 6.45) is -2.63. The van der Waals surface area contributed by atoms with Crippen LogP contribution in [0, 0.1) is 11.6 Å². The minimum Gasteiger partial charge on any atom is -0.444 e. The van der Waals surface area contributed by atoms with Crippen molar-refractivity contribution in [2.24, 2.45) is 0 Å². The van der Waals surface area contributed by atoms with Gasteiger partial charge in [0.2, 0.25) is 0 Å². The summed E-state index contributed by atoms with van der Waals surface area (Å²) in [5.74, 6) is -2.25. The summed E-state index contributed by atoms with van der Waals surface area (Å²) in [7, 11) is 0. The van der Waals surface area contributed by atoms with Gasteiger partial charge in [-0.05, 0) is 44.0 Å². The number of hydrogen-bond acceptors (Lipinski definition) is 3. The van der Waals surface area contributed by atoms with Crippen molar-refractivity contribution < 1.29 is 31.5 Å². The Morgan fingerprint density at radius 1 is 1.15 bits per heavy atom. The van der Waals surface area contributed by atoms with Crippen molar-refractivity contribution in [3.63, 3.8) is 0 Å². The second-order valence-electron chi connectivity index (χ2n) is 6.90. The smallest absolute Gasteiger partial charge is 0.408 e. The zero-order chi connectivity index (χ0) is 19.7. The second-order valence-corrected chi connectivity index (χ2v) is 6.90. The molecule has 1 aliphatic rings. The summed E-state index contributed by atoms with van der Waals surface area (Å²) in [6.45, 7) is 3.55. The fourth-order valence-electron chi connectivity index (χ4n) is 2.52. The van der Waals surface area contributed by atoms with Crippen LogP contribution in [-0.2, 0) is 4.74 Å². The molecule has 1 aromatic carbocycles. The summed E-state index contributed by atoms with van der Waals surface area (Å²) in [5, 5.41) is 4.69. The van der Waals surface area contributed by atoms with Gasteiger partial charge in [-0.3, -0.25) is 0 Å². The van der Waals surface area contributed by atoms with Crippen LogP contribution >= 0.6 is 0 Å². The van der Waals surface area contributed by atoms with Crippen molar-refractivity contribution in [2.45, 2.75) is 44.6 Å². The number of halogens is 5. The Morgan fingerprint density at radius 2 is 1.77 bits per heavy atom. The van der Waals surface area contributed by atoms with E-state index in [0.29, 0.717) is 0 Å². The zero-order valence-electron chi connectivity index (χ0n) is 14.4. The molecule has 0 fully saturated rings. The SMILES string of the molecule is CC(C)(C)OC(=O)N[C@H]1c2cc(F)c(F)cc2C=C[C@@H]1NCC(F)(F)F. The Balaban J connectivity index is 2.31. The summed E-state index contributed by atoms with van der Waals surface area (Å²) >= 11 is 0. The van der Waals surface area contributed by atoms with Crippen LogP contribution in [-0.4, -0.2) is 30.5 Å². The van der Waals surface area contributed by atoms with E-state index in [1.807, 2.05) is 0 Å². The van der Waals surface area contributed by atoms with E-state index in [0.717, 1.165) is 12.1 Å². The normalized spacial score (nSPS) is 19.8. The van der Waals surface area contributed by atoms with Crippen LogP contribution in [0.5, 0.6) is 0 Å². The van der Waals surface area contributed by atoms with Gasteiger partial charge in [-0.2, -0.15) is 13.2 Å². The zero-order valence-corrected chi connectivity index (χ0v) is 14.4. The first-order valence-corrected chi connectivity index (χ1v) is 7.82. The fraction of sp³-hybridized carbons (Fsp3) is 0.471. The Labute approximate surface area is 147 Å². The van der Waals surface area contributed by atoms with Crippen LogP contribution in [0.4, 0.5) is 26.7 Å².